The Hall–Kier alpha value is -2.38. The fourth-order valence-electron chi connectivity index (χ4n) is 2.38. The molecule has 0 aliphatic carbocycles. The second-order valence-electron chi connectivity index (χ2n) is 4.87. The zero-order chi connectivity index (χ0) is 15.6. The average molecular weight is 317 g/mol. The summed E-state index contributed by atoms with van der Waals surface area (Å²) in [6.45, 7) is 0.161. The van der Waals surface area contributed by atoms with Gasteiger partial charge < -0.3 is 5.32 Å². The number of benzene rings is 2. The van der Waals surface area contributed by atoms with Crippen molar-refractivity contribution in [3.05, 3.63) is 66.2 Å². The molecule has 2 aromatic rings. The van der Waals surface area contributed by atoms with Gasteiger partial charge in [0.05, 0.1) is 6.04 Å². The van der Waals surface area contributed by atoms with Crippen molar-refractivity contribution in [1.29, 1.82) is 0 Å². The van der Waals surface area contributed by atoms with Crippen LogP contribution in [-0.2, 0) is 10.2 Å². The quantitative estimate of drug-likeness (QED) is 0.890. The smallest absolute Gasteiger partial charge is 0.307 e. The summed E-state index contributed by atoms with van der Waals surface area (Å²) in [5, 5.41) is 2.61. The first-order valence-corrected chi connectivity index (χ1v) is 8.22. The minimum Gasteiger partial charge on any atom is -0.307 e. The van der Waals surface area contributed by atoms with E-state index in [2.05, 4.69) is 10.0 Å². The summed E-state index contributed by atoms with van der Waals surface area (Å²) >= 11 is 0. The van der Waals surface area contributed by atoms with E-state index >= 15 is 0 Å². The van der Waals surface area contributed by atoms with E-state index in [1.807, 2.05) is 24.3 Å². The Morgan fingerprint density at radius 1 is 1.05 bits per heavy atom. The summed E-state index contributed by atoms with van der Waals surface area (Å²) in [7, 11) is -3.83. The molecule has 2 N–H and O–H groups in total. The van der Waals surface area contributed by atoms with Gasteiger partial charge in [0.15, 0.2) is 0 Å². The molecule has 0 radical (unpaired) electrons. The predicted molar refractivity (Wildman–Crippen MR) is 83.4 cm³/mol. The first-order valence-electron chi connectivity index (χ1n) is 6.78. The van der Waals surface area contributed by atoms with E-state index in [0.717, 1.165) is 9.87 Å². The van der Waals surface area contributed by atoms with Crippen molar-refractivity contribution in [2.45, 2.75) is 6.04 Å². The fraction of sp³-hybridized carbons (Fsp3) is 0.133. The third-order valence-corrected chi connectivity index (χ3v) is 4.88. The molecule has 0 bridgehead atoms. The molecule has 3 rings (SSSR count). The van der Waals surface area contributed by atoms with Crippen molar-refractivity contribution in [3.63, 3.8) is 0 Å². The zero-order valence-corrected chi connectivity index (χ0v) is 12.5. The van der Waals surface area contributed by atoms with Gasteiger partial charge in [-0.2, -0.15) is 17.4 Å². The van der Waals surface area contributed by atoms with E-state index in [9.17, 15) is 13.2 Å². The van der Waals surface area contributed by atoms with Crippen molar-refractivity contribution in [2.75, 3.05) is 11.9 Å². The predicted octanol–water partition coefficient (Wildman–Crippen LogP) is 2.11. The monoisotopic (exact) mass is 317 g/mol. The van der Waals surface area contributed by atoms with Crippen molar-refractivity contribution < 1.29 is 13.2 Å². The number of nitrogens with zero attached hydrogens (tertiary/aromatic N) is 1. The summed E-state index contributed by atoms with van der Waals surface area (Å²) in [6.07, 6.45) is 0. The Labute approximate surface area is 128 Å². The zero-order valence-electron chi connectivity index (χ0n) is 11.6. The lowest BCUT2D eigenvalue weighted by Gasteiger charge is -2.22. The number of anilines is 1. The van der Waals surface area contributed by atoms with Gasteiger partial charge in [-0.15, -0.1) is 0 Å². The van der Waals surface area contributed by atoms with Crippen LogP contribution < -0.4 is 10.0 Å². The van der Waals surface area contributed by atoms with E-state index < -0.39 is 22.3 Å². The highest BCUT2D eigenvalue weighted by Gasteiger charge is 2.41. The van der Waals surface area contributed by atoms with Crippen LogP contribution in [0.3, 0.4) is 0 Å². The van der Waals surface area contributed by atoms with Crippen LogP contribution in [0.2, 0.25) is 0 Å². The van der Waals surface area contributed by atoms with Gasteiger partial charge in [-0.25, -0.2) is 4.79 Å². The lowest BCUT2D eigenvalue weighted by atomic mass is 10.1. The van der Waals surface area contributed by atoms with Gasteiger partial charge in [-0.3, -0.25) is 0 Å². The van der Waals surface area contributed by atoms with Crippen molar-refractivity contribution >= 4 is 21.9 Å². The Bertz CT molecular complexity index is 763. The number of hydrogen-bond acceptors (Lipinski definition) is 3. The van der Waals surface area contributed by atoms with Crippen LogP contribution in [0.15, 0.2) is 60.7 Å². The molecule has 2 aromatic carbocycles. The van der Waals surface area contributed by atoms with Crippen LogP contribution in [0.25, 0.3) is 0 Å². The van der Waals surface area contributed by atoms with E-state index in [1.165, 1.54) is 0 Å². The Kier molecular flexibility index (Phi) is 3.82. The van der Waals surface area contributed by atoms with Crippen LogP contribution >= 0.6 is 0 Å². The van der Waals surface area contributed by atoms with E-state index in [-0.39, 0.29) is 6.54 Å². The van der Waals surface area contributed by atoms with Gasteiger partial charge in [0.1, 0.15) is 0 Å². The molecule has 1 heterocycles. The van der Waals surface area contributed by atoms with Crippen LogP contribution in [0, 0.1) is 0 Å². The summed E-state index contributed by atoms with van der Waals surface area (Å²) in [5.41, 5.74) is 1.31. The minimum atomic E-state index is -3.83. The third-order valence-electron chi connectivity index (χ3n) is 3.41. The second kappa shape index (κ2) is 5.78. The van der Waals surface area contributed by atoms with Crippen LogP contribution in [0.4, 0.5) is 10.5 Å². The van der Waals surface area contributed by atoms with Crippen LogP contribution in [0.5, 0.6) is 0 Å². The van der Waals surface area contributed by atoms with Crippen molar-refractivity contribution in [2.24, 2.45) is 0 Å². The van der Waals surface area contributed by atoms with Crippen molar-refractivity contribution in [1.82, 2.24) is 9.03 Å². The molecule has 0 spiro atoms. The molecule has 114 valence electrons. The second-order valence-corrected chi connectivity index (χ2v) is 6.50. The number of carbonyl (C=O) groups is 1. The SMILES string of the molecule is O=C(Nc1ccccc1)N1[C@@H](c2ccccc2)CNS1(=O)=O. The molecule has 22 heavy (non-hydrogen) atoms. The molecule has 0 aromatic heterocycles. The highest BCUT2D eigenvalue weighted by molar-refractivity contribution is 7.88. The van der Waals surface area contributed by atoms with Gasteiger partial charge in [-0.05, 0) is 17.7 Å². The molecule has 2 amide bonds. The molecule has 0 unspecified atom stereocenters. The Balaban J connectivity index is 1.89. The maximum absolute atomic E-state index is 12.4. The van der Waals surface area contributed by atoms with Crippen LogP contribution in [0.1, 0.15) is 11.6 Å². The molecule has 1 atom stereocenters. The summed E-state index contributed by atoms with van der Waals surface area (Å²) in [4.78, 5) is 12.4. The number of amides is 2. The molecular formula is C15H15N3O3S. The molecule has 1 aliphatic rings. The largest absolute Gasteiger partial charge is 0.337 e. The minimum absolute atomic E-state index is 0.161. The number of carbonyl (C=O) groups excluding carboxylic acids is 1. The van der Waals surface area contributed by atoms with Crippen LogP contribution in [-0.4, -0.2) is 25.3 Å². The highest BCUT2D eigenvalue weighted by Crippen LogP contribution is 2.28. The van der Waals surface area contributed by atoms with Gasteiger partial charge in [0.25, 0.3) is 0 Å². The summed E-state index contributed by atoms with van der Waals surface area (Å²) < 4.78 is 27.5. The van der Waals surface area contributed by atoms with Gasteiger partial charge in [0.2, 0.25) is 0 Å². The lowest BCUT2D eigenvalue weighted by molar-refractivity contribution is 0.229. The molecule has 1 aliphatic heterocycles. The molecule has 1 fully saturated rings. The first-order chi connectivity index (χ1) is 10.6. The molecule has 7 heteroatoms. The van der Waals surface area contributed by atoms with E-state index in [0.29, 0.717) is 5.69 Å². The summed E-state index contributed by atoms with van der Waals surface area (Å²) in [5.74, 6) is 0. The molecule has 6 nitrogen and oxygen atoms in total. The highest BCUT2D eigenvalue weighted by atomic mass is 32.2. The first kappa shape index (κ1) is 14.6. The maximum atomic E-state index is 12.4. The lowest BCUT2D eigenvalue weighted by Crippen LogP contribution is -2.39. The third kappa shape index (κ3) is 2.81. The molecule has 0 saturated carbocycles. The number of nitrogens with one attached hydrogen (secondary N) is 2. The number of urea groups is 1. The Morgan fingerprint density at radius 3 is 2.27 bits per heavy atom. The van der Waals surface area contributed by atoms with E-state index in [1.54, 1.807) is 36.4 Å². The van der Waals surface area contributed by atoms with Gasteiger partial charge in [0, 0.05) is 12.2 Å². The summed E-state index contributed by atoms with van der Waals surface area (Å²) in [6, 6.07) is 16.6. The molecule has 1 saturated heterocycles. The maximum Gasteiger partial charge on any atom is 0.337 e. The van der Waals surface area contributed by atoms with E-state index in [4.69, 9.17) is 0 Å². The Morgan fingerprint density at radius 2 is 1.64 bits per heavy atom. The topological polar surface area (TPSA) is 78.5 Å². The normalized spacial score (nSPS) is 19.8. The number of para-hydroxylation sites is 1. The standard InChI is InChI=1S/C15H15N3O3S/c19-15(17-13-9-5-2-6-10-13)18-14(11-16-22(18,20)21)12-7-3-1-4-8-12/h1-10,14,16H,11H2,(H,17,19)/t14-/m1/s1. The van der Waals surface area contributed by atoms with Gasteiger partial charge >= 0.3 is 16.2 Å². The van der Waals surface area contributed by atoms with Crippen molar-refractivity contribution in [3.8, 4) is 0 Å². The van der Waals surface area contributed by atoms with Gasteiger partial charge in [-0.1, -0.05) is 48.5 Å². The molecular weight excluding hydrogens is 302 g/mol. The number of hydrogen-bond donors (Lipinski definition) is 2. The average Bonchev–Trinajstić information content (AvgIpc) is 2.84. The fourth-order valence-corrected chi connectivity index (χ4v) is 3.69. The number of rotatable bonds is 2.